The van der Waals surface area contributed by atoms with Gasteiger partial charge in [-0.25, -0.2) is 4.98 Å². The van der Waals surface area contributed by atoms with Gasteiger partial charge in [-0.2, -0.15) is 0 Å². The topological polar surface area (TPSA) is 37.0 Å². The molecule has 0 spiro atoms. The minimum Gasteiger partial charge on any atom is -0.370 e. The molecule has 0 fully saturated rings. The van der Waals surface area contributed by atoms with Gasteiger partial charge in [-0.05, 0) is 36.4 Å². The second-order valence-electron chi connectivity index (χ2n) is 5.72. The van der Waals surface area contributed by atoms with E-state index < -0.39 is 0 Å². The third-order valence-electron chi connectivity index (χ3n) is 3.53. The van der Waals surface area contributed by atoms with Gasteiger partial charge in [0.25, 0.3) is 0 Å². The molecule has 2 N–H and O–H groups in total. The molecular weight excluding hydrogens is 258 g/mol. The summed E-state index contributed by atoms with van der Waals surface area (Å²) in [7, 11) is 1.91. The van der Waals surface area contributed by atoms with Crippen molar-refractivity contribution in [1.82, 2.24) is 10.3 Å². The molecule has 1 aromatic heterocycles. The number of nitrogens with zero attached hydrogens (tertiary/aromatic N) is 1. The van der Waals surface area contributed by atoms with Gasteiger partial charge in [-0.3, -0.25) is 0 Å². The number of pyridine rings is 1. The number of halogens is 1. The lowest BCUT2D eigenvalue weighted by atomic mass is 9.85. The second-order valence-corrected chi connectivity index (χ2v) is 6.13. The Morgan fingerprint density at radius 1 is 1.21 bits per heavy atom. The summed E-state index contributed by atoms with van der Waals surface area (Å²) in [4.78, 5) is 4.34. The number of hydrogen-bond donors (Lipinski definition) is 2. The van der Waals surface area contributed by atoms with E-state index in [0.29, 0.717) is 22.8 Å². The van der Waals surface area contributed by atoms with Gasteiger partial charge in [0.2, 0.25) is 0 Å². The Kier molecular flexibility index (Phi) is 6.59. The average Bonchev–Trinajstić information content (AvgIpc) is 2.32. The molecule has 0 aliphatic rings. The highest BCUT2D eigenvalue weighted by molar-refractivity contribution is 6.31. The highest BCUT2D eigenvalue weighted by Crippen LogP contribution is 2.22. The van der Waals surface area contributed by atoms with Gasteiger partial charge >= 0.3 is 0 Å². The molecule has 4 heteroatoms. The molecule has 0 bridgehead atoms. The number of hydrogen-bond acceptors (Lipinski definition) is 3. The van der Waals surface area contributed by atoms with Crippen LogP contribution in [0.15, 0.2) is 12.3 Å². The first-order valence-electron chi connectivity index (χ1n) is 6.98. The third-order valence-corrected chi connectivity index (χ3v) is 3.87. The van der Waals surface area contributed by atoms with Crippen molar-refractivity contribution in [3.8, 4) is 0 Å². The van der Waals surface area contributed by atoms with Crippen molar-refractivity contribution in [3.05, 3.63) is 22.8 Å². The summed E-state index contributed by atoms with van der Waals surface area (Å²) in [5.41, 5.74) is 1.08. The van der Waals surface area contributed by atoms with Crippen LogP contribution in [0, 0.1) is 17.8 Å². The van der Waals surface area contributed by atoms with Gasteiger partial charge in [0.05, 0.1) is 5.02 Å². The molecule has 0 aliphatic heterocycles. The molecular formula is C15H26ClN3. The summed E-state index contributed by atoms with van der Waals surface area (Å²) in [6.45, 7) is 10.8. The van der Waals surface area contributed by atoms with Crippen LogP contribution in [0.5, 0.6) is 0 Å². The normalized spacial score (nSPS) is 11.6. The van der Waals surface area contributed by atoms with E-state index in [0.717, 1.165) is 24.5 Å². The van der Waals surface area contributed by atoms with E-state index in [1.54, 1.807) is 6.20 Å². The first-order chi connectivity index (χ1) is 8.95. The summed E-state index contributed by atoms with van der Waals surface area (Å²) in [5.74, 6) is 2.87. The highest BCUT2D eigenvalue weighted by atomic mass is 35.5. The van der Waals surface area contributed by atoms with Gasteiger partial charge in [0.15, 0.2) is 0 Å². The average molecular weight is 284 g/mol. The number of aromatic nitrogens is 1. The van der Waals surface area contributed by atoms with Gasteiger partial charge < -0.3 is 10.6 Å². The molecule has 1 heterocycles. The van der Waals surface area contributed by atoms with Crippen molar-refractivity contribution in [3.63, 3.8) is 0 Å². The molecule has 0 unspecified atom stereocenters. The van der Waals surface area contributed by atoms with Crippen molar-refractivity contribution in [2.45, 2.75) is 34.2 Å². The van der Waals surface area contributed by atoms with Crippen LogP contribution < -0.4 is 10.6 Å². The molecule has 0 saturated heterocycles. The molecule has 19 heavy (non-hydrogen) atoms. The molecule has 0 saturated carbocycles. The van der Waals surface area contributed by atoms with E-state index in [1.165, 1.54) is 0 Å². The second kappa shape index (κ2) is 7.71. The monoisotopic (exact) mass is 283 g/mol. The molecule has 3 nitrogen and oxygen atoms in total. The predicted molar refractivity (Wildman–Crippen MR) is 83.7 cm³/mol. The standard InChI is InChI=1S/C15H26ClN3/c1-10(2)13(11(3)4)8-18-15-6-12(7-17-5)14(16)9-19-15/h6,9-11,13,17H,7-8H2,1-5H3,(H,18,19). The number of nitrogens with one attached hydrogen (secondary N) is 2. The van der Waals surface area contributed by atoms with Crippen molar-refractivity contribution >= 4 is 17.4 Å². The quantitative estimate of drug-likeness (QED) is 0.799. The van der Waals surface area contributed by atoms with E-state index in [-0.39, 0.29) is 0 Å². The van der Waals surface area contributed by atoms with Crippen LogP contribution in [0.1, 0.15) is 33.3 Å². The molecule has 0 radical (unpaired) electrons. The van der Waals surface area contributed by atoms with Crippen molar-refractivity contribution in [2.24, 2.45) is 17.8 Å². The molecule has 0 amide bonds. The van der Waals surface area contributed by atoms with E-state index >= 15 is 0 Å². The SMILES string of the molecule is CNCc1cc(NCC(C(C)C)C(C)C)ncc1Cl. The minimum atomic E-state index is 0.644. The zero-order valence-electron chi connectivity index (χ0n) is 12.6. The van der Waals surface area contributed by atoms with Crippen LogP contribution in [0.3, 0.4) is 0 Å². The van der Waals surface area contributed by atoms with Gasteiger partial charge in [-0.1, -0.05) is 39.3 Å². The molecule has 0 aliphatic carbocycles. The Morgan fingerprint density at radius 3 is 2.37 bits per heavy atom. The van der Waals surface area contributed by atoms with Crippen LogP contribution in [-0.4, -0.2) is 18.6 Å². The van der Waals surface area contributed by atoms with E-state index in [9.17, 15) is 0 Å². The first kappa shape index (κ1) is 16.3. The predicted octanol–water partition coefficient (Wildman–Crippen LogP) is 3.79. The van der Waals surface area contributed by atoms with Crippen molar-refractivity contribution in [1.29, 1.82) is 0 Å². The molecule has 0 aromatic carbocycles. The van der Waals surface area contributed by atoms with Crippen LogP contribution in [0.4, 0.5) is 5.82 Å². The largest absolute Gasteiger partial charge is 0.370 e. The molecule has 0 atom stereocenters. The lowest BCUT2D eigenvalue weighted by Gasteiger charge is -2.25. The van der Waals surface area contributed by atoms with Crippen LogP contribution in [-0.2, 0) is 6.54 Å². The Balaban J connectivity index is 2.69. The fourth-order valence-electron chi connectivity index (χ4n) is 2.37. The number of anilines is 1. The smallest absolute Gasteiger partial charge is 0.126 e. The van der Waals surface area contributed by atoms with Crippen molar-refractivity contribution in [2.75, 3.05) is 18.9 Å². The maximum Gasteiger partial charge on any atom is 0.126 e. The van der Waals surface area contributed by atoms with Crippen molar-refractivity contribution < 1.29 is 0 Å². The lowest BCUT2D eigenvalue weighted by molar-refractivity contribution is 0.304. The maximum absolute atomic E-state index is 6.11. The van der Waals surface area contributed by atoms with E-state index in [1.807, 2.05) is 13.1 Å². The first-order valence-corrected chi connectivity index (χ1v) is 7.36. The maximum atomic E-state index is 6.11. The third kappa shape index (κ3) is 5.00. The summed E-state index contributed by atoms with van der Waals surface area (Å²) in [6, 6.07) is 2.02. The lowest BCUT2D eigenvalue weighted by Crippen LogP contribution is -2.24. The van der Waals surface area contributed by atoms with Crippen LogP contribution >= 0.6 is 11.6 Å². The Labute approximate surface area is 122 Å². The summed E-state index contributed by atoms with van der Waals surface area (Å²) in [5, 5.41) is 7.26. The van der Waals surface area contributed by atoms with E-state index in [2.05, 4.69) is 43.3 Å². The Bertz CT molecular complexity index is 383. The zero-order valence-corrected chi connectivity index (χ0v) is 13.4. The van der Waals surface area contributed by atoms with Gasteiger partial charge in [0, 0.05) is 19.3 Å². The number of rotatable bonds is 7. The molecule has 108 valence electrons. The van der Waals surface area contributed by atoms with Crippen LogP contribution in [0.2, 0.25) is 5.02 Å². The summed E-state index contributed by atoms with van der Waals surface area (Å²) < 4.78 is 0. The zero-order chi connectivity index (χ0) is 14.4. The highest BCUT2D eigenvalue weighted by Gasteiger charge is 2.17. The molecule has 1 rings (SSSR count). The van der Waals surface area contributed by atoms with Gasteiger partial charge in [0.1, 0.15) is 5.82 Å². The fourth-order valence-corrected chi connectivity index (χ4v) is 2.54. The summed E-state index contributed by atoms with van der Waals surface area (Å²) >= 11 is 6.11. The van der Waals surface area contributed by atoms with Gasteiger partial charge in [-0.15, -0.1) is 0 Å². The molecule has 1 aromatic rings. The van der Waals surface area contributed by atoms with E-state index in [4.69, 9.17) is 11.6 Å². The fraction of sp³-hybridized carbons (Fsp3) is 0.667. The Hall–Kier alpha value is -0.800. The Morgan fingerprint density at radius 2 is 1.84 bits per heavy atom. The van der Waals surface area contributed by atoms with Crippen LogP contribution in [0.25, 0.3) is 0 Å². The minimum absolute atomic E-state index is 0.644. The summed E-state index contributed by atoms with van der Waals surface area (Å²) in [6.07, 6.45) is 1.72.